The number of fused-ring (bicyclic) bond motifs is 2. The quantitative estimate of drug-likeness (QED) is 0.792. The van der Waals surface area contributed by atoms with Crippen molar-refractivity contribution in [1.29, 1.82) is 0 Å². The number of ether oxygens (including phenoxy) is 1. The number of thioether (sulfide) groups is 1. The monoisotopic (exact) mass is 291 g/mol. The van der Waals surface area contributed by atoms with Gasteiger partial charge in [0.05, 0.1) is 6.61 Å². The molecule has 1 aromatic heterocycles. The number of Topliss-reactive ketones (excluding diaryl/α,β-unsaturated/α-hetero) is 1. The molecule has 0 aromatic carbocycles. The molecule has 2 atom stereocenters. The number of hydrogen-bond acceptors (Lipinski definition) is 4. The minimum Gasteiger partial charge on any atom is -0.478 e. The third-order valence-electron chi connectivity index (χ3n) is 4.22. The molecule has 0 spiro atoms. The Kier molecular flexibility index (Phi) is 4.29. The third-order valence-corrected chi connectivity index (χ3v) is 5.84. The highest BCUT2D eigenvalue weighted by Gasteiger charge is 2.35. The molecule has 2 aliphatic heterocycles. The molecular formula is C16H21NO2S. The number of aromatic nitrogens is 1. The molecule has 1 aromatic rings. The van der Waals surface area contributed by atoms with Gasteiger partial charge in [0, 0.05) is 34.2 Å². The Labute approximate surface area is 124 Å². The first kappa shape index (κ1) is 13.9. The number of nitrogens with zero attached hydrogens (tertiary/aromatic N) is 1. The van der Waals surface area contributed by atoms with Crippen LogP contribution in [0.2, 0.25) is 0 Å². The summed E-state index contributed by atoms with van der Waals surface area (Å²) in [4.78, 5) is 16.8. The first-order chi connectivity index (χ1) is 9.76. The zero-order chi connectivity index (χ0) is 13.9. The predicted octanol–water partition coefficient (Wildman–Crippen LogP) is 3.73. The van der Waals surface area contributed by atoms with Gasteiger partial charge in [-0.15, -0.1) is 0 Å². The van der Waals surface area contributed by atoms with Gasteiger partial charge in [0.15, 0.2) is 5.78 Å². The molecule has 0 N–H and O–H groups in total. The summed E-state index contributed by atoms with van der Waals surface area (Å²) in [7, 11) is 0. The Balaban J connectivity index is 1.68. The van der Waals surface area contributed by atoms with E-state index in [9.17, 15) is 4.79 Å². The van der Waals surface area contributed by atoms with Crippen molar-refractivity contribution in [3.63, 3.8) is 0 Å². The molecule has 3 rings (SSSR count). The zero-order valence-electron chi connectivity index (χ0n) is 11.9. The fraction of sp³-hybridized carbons (Fsp3) is 0.625. The number of pyridine rings is 1. The number of carbonyl (C=O) groups excluding carboxylic acids is 1. The van der Waals surface area contributed by atoms with Crippen molar-refractivity contribution in [1.82, 2.24) is 4.98 Å². The maximum atomic E-state index is 12.6. The van der Waals surface area contributed by atoms with Crippen LogP contribution in [0, 0.1) is 5.92 Å². The van der Waals surface area contributed by atoms with Crippen LogP contribution in [0.4, 0.5) is 0 Å². The minimum absolute atomic E-state index is 0.200. The predicted molar refractivity (Wildman–Crippen MR) is 81.5 cm³/mol. The molecule has 3 heterocycles. The molecule has 3 nitrogen and oxygen atoms in total. The smallest absolute Gasteiger partial charge is 0.213 e. The van der Waals surface area contributed by atoms with Crippen molar-refractivity contribution < 1.29 is 9.53 Å². The van der Waals surface area contributed by atoms with Crippen LogP contribution in [-0.4, -0.2) is 27.9 Å². The summed E-state index contributed by atoms with van der Waals surface area (Å²) < 4.78 is 5.32. The fourth-order valence-corrected chi connectivity index (χ4v) is 5.10. The lowest BCUT2D eigenvalue weighted by atomic mass is 9.85. The van der Waals surface area contributed by atoms with Crippen LogP contribution < -0.4 is 4.74 Å². The molecule has 2 aliphatic rings. The summed E-state index contributed by atoms with van der Waals surface area (Å²) in [5, 5.41) is 1.40. The van der Waals surface area contributed by atoms with E-state index in [-0.39, 0.29) is 11.7 Å². The number of carbonyl (C=O) groups is 1. The van der Waals surface area contributed by atoms with Crippen LogP contribution in [0.3, 0.4) is 0 Å². The highest BCUT2D eigenvalue weighted by Crippen LogP contribution is 2.44. The summed E-state index contributed by atoms with van der Waals surface area (Å²) in [5.74, 6) is 1.07. The van der Waals surface area contributed by atoms with Crippen molar-refractivity contribution in [2.45, 2.75) is 49.5 Å². The lowest BCUT2D eigenvalue weighted by Gasteiger charge is -2.37. The molecule has 108 valence electrons. The molecule has 2 bridgehead atoms. The van der Waals surface area contributed by atoms with Crippen molar-refractivity contribution in [3.05, 3.63) is 23.9 Å². The Hall–Kier alpha value is -1.03. The lowest BCUT2D eigenvalue weighted by molar-refractivity contribution is 0.0896. The van der Waals surface area contributed by atoms with Crippen molar-refractivity contribution in [3.8, 4) is 5.88 Å². The van der Waals surface area contributed by atoms with Crippen molar-refractivity contribution in [2.24, 2.45) is 5.92 Å². The van der Waals surface area contributed by atoms with Crippen molar-refractivity contribution >= 4 is 17.5 Å². The average Bonchev–Trinajstić information content (AvgIpc) is 2.47. The second-order valence-electron chi connectivity index (χ2n) is 5.66. The van der Waals surface area contributed by atoms with Gasteiger partial charge in [-0.1, -0.05) is 6.42 Å². The van der Waals surface area contributed by atoms with Gasteiger partial charge in [-0.2, -0.15) is 11.8 Å². The molecule has 2 saturated heterocycles. The summed E-state index contributed by atoms with van der Waals surface area (Å²) >= 11 is 2.11. The van der Waals surface area contributed by atoms with E-state index in [1.807, 2.05) is 13.0 Å². The van der Waals surface area contributed by atoms with Crippen LogP contribution >= 0.6 is 11.8 Å². The standard InChI is InChI=1S/C16H21NO2S/c1-2-19-15-7-6-11(10-17-15)16(18)12-8-13-4-3-5-14(9-12)20-13/h6-7,10,12-14H,2-5,8-9H2,1H3. The first-order valence-electron chi connectivity index (χ1n) is 7.54. The maximum Gasteiger partial charge on any atom is 0.213 e. The van der Waals surface area contributed by atoms with Crippen LogP contribution in [0.5, 0.6) is 5.88 Å². The molecule has 2 unspecified atom stereocenters. The second-order valence-corrected chi connectivity index (χ2v) is 7.27. The van der Waals surface area contributed by atoms with Gasteiger partial charge in [0.1, 0.15) is 0 Å². The highest BCUT2D eigenvalue weighted by molar-refractivity contribution is 8.00. The van der Waals surface area contributed by atoms with E-state index < -0.39 is 0 Å². The summed E-state index contributed by atoms with van der Waals surface area (Å²) in [6, 6.07) is 3.66. The maximum absolute atomic E-state index is 12.6. The lowest BCUT2D eigenvalue weighted by Crippen LogP contribution is -2.32. The van der Waals surface area contributed by atoms with E-state index in [1.54, 1.807) is 12.3 Å². The molecule has 0 radical (unpaired) electrons. The van der Waals surface area contributed by atoms with E-state index in [2.05, 4.69) is 16.7 Å². The largest absolute Gasteiger partial charge is 0.478 e. The molecule has 4 heteroatoms. The first-order valence-corrected chi connectivity index (χ1v) is 8.49. The van der Waals surface area contributed by atoms with Gasteiger partial charge in [0.2, 0.25) is 5.88 Å². The summed E-state index contributed by atoms with van der Waals surface area (Å²) in [5.41, 5.74) is 0.739. The Morgan fingerprint density at radius 1 is 1.35 bits per heavy atom. The number of hydrogen-bond donors (Lipinski definition) is 0. The summed E-state index contributed by atoms with van der Waals surface area (Å²) in [6.07, 6.45) is 7.68. The Bertz CT molecular complexity index is 462. The van der Waals surface area contributed by atoms with E-state index in [1.165, 1.54) is 19.3 Å². The van der Waals surface area contributed by atoms with E-state index >= 15 is 0 Å². The fourth-order valence-electron chi connectivity index (χ4n) is 3.27. The molecule has 20 heavy (non-hydrogen) atoms. The molecule has 2 fully saturated rings. The van der Waals surface area contributed by atoms with Gasteiger partial charge >= 0.3 is 0 Å². The molecule has 0 aliphatic carbocycles. The average molecular weight is 291 g/mol. The molecule has 0 amide bonds. The van der Waals surface area contributed by atoms with Gasteiger partial charge in [-0.05, 0) is 38.7 Å². The van der Waals surface area contributed by atoms with Gasteiger partial charge in [-0.25, -0.2) is 4.98 Å². The summed E-state index contributed by atoms with van der Waals surface area (Å²) in [6.45, 7) is 2.53. The Morgan fingerprint density at radius 3 is 2.70 bits per heavy atom. The van der Waals surface area contributed by atoms with E-state index in [4.69, 9.17) is 4.74 Å². The minimum atomic E-state index is 0.200. The zero-order valence-corrected chi connectivity index (χ0v) is 12.7. The Morgan fingerprint density at radius 2 is 2.10 bits per heavy atom. The van der Waals surface area contributed by atoms with E-state index in [0.29, 0.717) is 23.0 Å². The van der Waals surface area contributed by atoms with Gasteiger partial charge < -0.3 is 4.74 Å². The van der Waals surface area contributed by atoms with Gasteiger partial charge in [0.25, 0.3) is 0 Å². The van der Waals surface area contributed by atoms with Crippen LogP contribution in [0.15, 0.2) is 18.3 Å². The van der Waals surface area contributed by atoms with Crippen LogP contribution in [-0.2, 0) is 0 Å². The second kappa shape index (κ2) is 6.17. The van der Waals surface area contributed by atoms with E-state index in [0.717, 1.165) is 18.4 Å². The van der Waals surface area contributed by atoms with Crippen LogP contribution in [0.1, 0.15) is 49.4 Å². The topological polar surface area (TPSA) is 39.2 Å². The normalized spacial score (nSPS) is 28.9. The number of ketones is 1. The van der Waals surface area contributed by atoms with Crippen LogP contribution in [0.25, 0.3) is 0 Å². The van der Waals surface area contributed by atoms with Crippen molar-refractivity contribution in [2.75, 3.05) is 6.61 Å². The highest BCUT2D eigenvalue weighted by atomic mass is 32.2. The van der Waals surface area contributed by atoms with Gasteiger partial charge in [-0.3, -0.25) is 4.79 Å². The molecular weight excluding hydrogens is 270 g/mol. The number of rotatable bonds is 4. The SMILES string of the molecule is CCOc1ccc(C(=O)C2CC3CCCC(C2)S3)cn1. The molecule has 0 saturated carbocycles. The third kappa shape index (κ3) is 3.00.